The van der Waals surface area contributed by atoms with Crippen molar-refractivity contribution >= 4 is 17.5 Å². The SMILES string of the molecule is CCOc1cc(OC)cc(C(Nc2ccc(C(=N)N)c(OC(C)=O)c2)c2nn(-c3ncccn3)c(=O)[nH]2)c1F. The molecule has 0 radical (unpaired) electrons. The molecule has 2 heterocycles. The molecule has 39 heavy (non-hydrogen) atoms. The molecule has 0 fully saturated rings. The van der Waals surface area contributed by atoms with Gasteiger partial charge in [-0.1, -0.05) is 0 Å². The van der Waals surface area contributed by atoms with Gasteiger partial charge in [0, 0.05) is 42.7 Å². The molecule has 1 unspecified atom stereocenters. The average Bonchev–Trinajstić information content (AvgIpc) is 3.30. The van der Waals surface area contributed by atoms with E-state index in [1.807, 2.05) is 0 Å². The minimum Gasteiger partial charge on any atom is -0.497 e. The van der Waals surface area contributed by atoms with Gasteiger partial charge in [-0.2, -0.15) is 0 Å². The number of H-pyrrole nitrogens is 1. The standard InChI is InChI=1S/C25H25FN8O5/c1-4-38-19-12-15(37-3)11-17(20(19)26)21(23-32-25(36)34(33-23)24-29-8-5-9-30-24)31-14-6-7-16(22(27)28)18(10-14)39-13(2)35/h5-12,21,31H,4H2,1-3H3,(H3,27,28)(H,32,33,36). The highest BCUT2D eigenvalue weighted by Crippen LogP contribution is 2.35. The molecule has 0 spiro atoms. The summed E-state index contributed by atoms with van der Waals surface area (Å²) in [5.41, 5.74) is 5.49. The topological polar surface area (TPSA) is 183 Å². The summed E-state index contributed by atoms with van der Waals surface area (Å²) in [5.74, 6) is -1.42. The van der Waals surface area contributed by atoms with Gasteiger partial charge < -0.3 is 25.3 Å². The molecule has 0 saturated carbocycles. The van der Waals surface area contributed by atoms with E-state index in [-0.39, 0.29) is 46.8 Å². The Morgan fingerprint density at radius 2 is 1.97 bits per heavy atom. The number of nitrogens with zero attached hydrogens (tertiary/aromatic N) is 4. The van der Waals surface area contributed by atoms with Crippen LogP contribution in [0.15, 0.2) is 53.6 Å². The number of anilines is 1. The van der Waals surface area contributed by atoms with Gasteiger partial charge in [-0.25, -0.2) is 19.2 Å². The molecule has 4 aromatic rings. The van der Waals surface area contributed by atoms with E-state index in [9.17, 15) is 9.59 Å². The number of halogens is 1. The number of carbonyl (C=O) groups is 1. The van der Waals surface area contributed by atoms with Crippen LogP contribution in [-0.2, 0) is 4.79 Å². The van der Waals surface area contributed by atoms with Gasteiger partial charge in [-0.3, -0.25) is 15.2 Å². The van der Waals surface area contributed by atoms with E-state index in [0.717, 1.165) is 4.68 Å². The van der Waals surface area contributed by atoms with Crippen LogP contribution in [0.4, 0.5) is 10.1 Å². The molecular formula is C25H25FN8O5. The van der Waals surface area contributed by atoms with E-state index in [1.54, 1.807) is 19.1 Å². The summed E-state index contributed by atoms with van der Waals surface area (Å²) >= 11 is 0. The predicted octanol–water partition coefficient (Wildman–Crippen LogP) is 2.31. The van der Waals surface area contributed by atoms with Gasteiger partial charge in [-0.05, 0) is 31.2 Å². The molecule has 0 aliphatic heterocycles. The highest BCUT2D eigenvalue weighted by Gasteiger charge is 2.27. The Hall–Kier alpha value is -5.27. The molecule has 13 nitrogen and oxygen atoms in total. The Bertz CT molecular complexity index is 1570. The number of amidine groups is 1. The van der Waals surface area contributed by atoms with Crippen LogP contribution in [0.5, 0.6) is 17.2 Å². The van der Waals surface area contributed by atoms with Gasteiger partial charge in [0.1, 0.15) is 23.4 Å². The lowest BCUT2D eigenvalue weighted by atomic mass is 10.0. The average molecular weight is 537 g/mol. The van der Waals surface area contributed by atoms with Gasteiger partial charge >= 0.3 is 11.7 Å². The number of carbonyl (C=O) groups excluding carboxylic acids is 1. The first kappa shape index (κ1) is 26.8. The fraction of sp³-hybridized carbons (Fsp3) is 0.200. The lowest BCUT2D eigenvalue weighted by Gasteiger charge is -2.21. The second kappa shape index (κ2) is 11.4. The van der Waals surface area contributed by atoms with Crippen LogP contribution in [0.1, 0.15) is 36.8 Å². The summed E-state index contributed by atoms with van der Waals surface area (Å²) in [7, 11) is 1.42. The summed E-state index contributed by atoms with van der Waals surface area (Å²) < 4.78 is 32.8. The van der Waals surface area contributed by atoms with Gasteiger partial charge in [0.2, 0.25) is 0 Å². The van der Waals surface area contributed by atoms with Crippen molar-refractivity contribution in [2.75, 3.05) is 19.0 Å². The van der Waals surface area contributed by atoms with E-state index >= 15 is 4.39 Å². The summed E-state index contributed by atoms with van der Waals surface area (Å²) in [5, 5.41) is 15.2. The lowest BCUT2D eigenvalue weighted by molar-refractivity contribution is -0.131. The molecule has 0 saturated heterocycles. The highest BCUT2D eigenvalue weighted by molar-refractivity contribution is 5.98. The van der Waals surface area contributed by atoms with Crippen LogP contribution >= 0.6 is 0 Å². The first-order valence-electron chi connectivity index (χ1n) is 11.6. The number of nitrogen functional groups attached to an aromatic ring is 1. The summed E-state index contributed by atoms with van der Waals surface area (Å²) in [6.07, 6.45) is 2.89. The summed E-state index contributed by atoms with van der Waals surface area (Å²) in [4.78, 5) is 35.2. The third kappa shape index (κ3) is 5.84. The molecule has 5 N–H and O–H groups in total. The van der Waals surface area contributed by atoms with Crippen molar-refractivity contribution in [3.8, 4) is 23.2 Å². The zero-order chi connectivity index (χ0) is 28.1. The number of hydrogen-bond donors (Lipinski definition) is 4. The number of aromatic nitrogens is 5. The van der Waals surface area contributed by atoms with Crippen LogP contribution in [0.3, 0.4) is 0 Å². The van der Waals surface area contributed by atoms with Crippen LogP contribution in [0, 0.1) is 11.2 Å². The molecule has 2 aromatic heterocycles. The normalized spacial score (nSPS) is 11.5. The second-order valence-corrected chi connectivity index (χ2v) is 8.03. The van der Waals surface area contributed by atoms with E-state index < -0.39 is 23.5 Å². The maximum atomic E-state index is 15.8. The van der Waals surface area contributed by atoms with Crippen LogP contribution in [-0.4, -0.2) is 50.3 Å². The fourth-order valence-electron chi connectivity index (χ4n) is 3.72. The van der Waals surface area contributed by atoms with Gasteiger partial charge in [0.15, 0.2) is 17.4 Å². The van der Waals surface area contributed by atoms with Crippen molar-refractivity contribution in [2.24, 2.45) is 5.73 Å². The van der Waals surface area contributed by atoms with Crippen molar-refractivity contribution < 1.29 is 23.4 Å². The minimum atomic E-state index is -1.12. The third-order valence-corrected chi connectivity index (χ3v) is 5.37. The quantitative estimate of drug-likeness (QED) is 0.102. The van der Waals surface area contributed by atoms with Crippen molar-refractivity contribution in [3.05, 3.63) is 82.0 Å². The second-order valence-electron chi connectivity index (χ2n) is 8.03. The number of nitrogens with two attached hydrogens (primary N) is 1. The van der Waals surface area contributed by atoms with Gasteiger partial charge in [0.05, 0.1) is 19.3 Å². The maximum Gasteiger partial charge on any atom is 0.350 e. The first-order valence-corrected chi connectivity index (χ1v) is 11.6. The molecule has 0 bridgehead atoms. The lowest BCUT2D eigenvalue weighted by Crippen LogP contribution is -2.18. The van der Waals surface area contributed by atoms with Gasteiger partial charge in [0.25, 0.3) is 5.95 Å². The molecule has 202 valence electrons. The Morgan fingerprint density at radius 1 is 1.23 bits per heavy atom. The Balaban J connectivity index is 1.88. The van der Waals surface area contributed by atoms with Crippen LogP contribution in [0.2, 0.25) is 0 Å². The van der Waals surface area contributed by atoms with E-state index in [1.165, 1.54) is 50.7 Å². The van der Waals surface area contributed by atoms with E-state index in [0.29, 0.717) is 11.4 Å². The smallest absolute Gasteiger partial charge is 0.350 e. The van der Waals surface area contributed by atoms with Gasteiger partial charge in [-0.15, -0.1) is 9.78 Å². The number of methoxy groups -OCH3 is 1. The summed E-state index contributed by atoms with van der Waals surface area (Å²) in [6, 6.07) is 7.73. The van der Waals surface area contributed by atoms with Crippen molar-refractivity contribution in [2.45, 2.75) is 19.9 Å². The molecule has 2 aromatic carbocycles. The fourth-order valence-corrected chi connectivity index (χ4v) is 3.72. The molecule has 14 heteroatoms. The number of rotatable bonds is 10. The van der Waals surface area contributed by atoms with Crippen molar-refractivity contribution in [1.82, 2.24) is 24.7 Å². The number of benzene rings is 2. The highest BCUT2D eigenvalue weighted by atomic mass is 19.1. The maximum absolute atomic E-state index is 15.8. The number of esters is 1. The Labute approximate surface area is 221 Å². The van der Waals surface area contributed by atoms with Crippen molar-refractivity contribution in [1.29, 1.82) is 5.41 Å². The Morgan fingerprint density at radius 3 is 2.62 bits per heavy atom. The van der Waals surface area contributed by atoms with Crippen LogP contribution < -0.4 is 31.0 Å². The zero-order valence-corrected chi connectivity index (χ0v) is 21.2. The number of hydrogen-bond acceptors (Lipinski definition) is 10. The number of aromatic amines is 1. The molecule has 0 amide bonds. The third-order valence-electron chi connectivity index (χ3n) is 5.37. The number of nitrogens with one attached hydrogen (secondary N) is 3. The summed E-state index contributed by atoms with van der Waals surface area (Å²) in [6.45, 7) is 3.11. The Kier molecular flexibility index (Phi) is 7.84. The molecule has 4 rings (SSSR count). The monoisotopic (exact) mass is 536 g/mol. The molecule has 1 atom stereocenters. The molecular weight excluding hydrogens is 511 g/mol. The van der Waals surface area contributed by atoms with E-state index in [2.05, 4.69) is 25.4 Å². The number of ether oxygens (including phenoxy) is 3. The largest absolute Gasteiger partial charge is 0.497 e. The predicted molar refractivity (Wildman–Crippen MR) is 138 cm³/mol. The minimum absolute atomic E-state index is 0.00624. The van der Waals surface area contributed by atoms with Crippen LogP contribution in [0.25, 0.3) is 5.95 Å². The first-order chi connectivity index (χ1) is 18.7. The van der Waals surface area contributed by atoms with Crippen molar-refractivity contribution in [3.63, 3.8) is 0 Å². The molecule has 0 aliphatic carbocycles. The zero-order valence-electron chi connectivity index (χ0n) is 21.2. The van der Waals surface area contributed by atoms with E-state index in [4.69, 9.17) is 25.4 Å². The molecule has 0 aliphatic rings.